The molecule has 1 aromatic carbocycles. The first kappa shape index (κ1) is 14.0. The van der Waals surface area contributed by atoms with Gasteiger partial charge in [-0.05, 0) is 58.8 Å². The van der Waals surface area contributed by atoms with Gasteiger partial charge in [-0.15, -0.1) is 0 Å². The number of hydrogen-bond donors (Lipinski definition) is 1. The van der Waals surface area contributed by atoms with Crippen LogP contribution in [0.15, 0.2) is 22.7 Å². The van der Waals surface area contributed by atoms with E-state index in [1.54, 1.807) is 12.1 Å². The highest BCUT2D eigenvalue weighted by atomic mass is 79.9. The van der Waals surface area contributed by atoms with Crippen molar-refractivity contribution in [1.82, 2.24) is 5.32 Å². The minimum atomic E-state index is -0.177. The van der Waals surface area contributed by atoms with Crippen molar-refractivity contribution in [2.45, 2.75) is 51.6 Å². The summed E-state index contributed by atoms with van der Waals surface area (Å²) < 4.78 is 13.9. The van der Waals surface area contributed by atoms with Crippen LogP contribution < -0.4 is 5.32 Å². The lowest BCUT2D eigenvalue weighted by atomic mass is 10.0. The zero-order valence-corrected chi connectivity index (χ0v) is 12.5. The molecule has 0 aliphatic heterocycles. The molecule has 2 rings (SSSR count). The summed E-state index contributed by atoms with van der Waals surface area (Å²) in [5, 5.41) is 3.56. The van der Waals surface area contributed by atoms with Crippen LogP contribution in [-0.4, -0.2) is 6.04 Å². The molecule has 2 unspecified atom stereocenters. The Hall–Kier alpha value is -0.410. The van der Waals surface area contributed by atoms with Gasteiger partial charge in [-0.3, -0.25) is 0 Å². The van der Waals surface area contributed by atoms with Crippen molar-refractivity contribution in [2.24, 2.45) is 5.92 Å². The normalized spacial score (nSPS) is 24.8. The van der Waals surface area contributed by atoms with Crippen LogP contribution in [0.2, 0.25) is 0 Å². The minimum absolute atomic E-state index is 0.177. The fourth-order valence-electron chi connectivity index (χ4n) is 2.60. The third-order valence-electron chi connectivity index (χ3n) is 3.84. The van der Waals surface area contributed by atoms with E-state index in [1.165, 1.54) is 32.1 Å². The molecule has 2 atom stereocenters. The maximum Gasteiger partial charge on any atom is 0.137 e. The van der Waals surface area contributed by atoms with Crippen LogP contribution in [0.5, 0.6) is 0 Å². The van der Waals surface area contributed by atoms with Gasteiger partial charge in [0.1, 0.15) is 5.82 Å². The van der Waals surface area contributed by atoms with E-state index in [2.05, 4.69) is 28.2 Å². The Bertz CT molecular complexity index is 394. The first-order valence-electron chi connectivity index (χ1n) is 6.82. The van der Waals surface area contributed by atoms with E-state index in [-0.39, 0.29) is 5.82 Å². The Morgan fingerprint density at radius 3 is 2.89 bits per heavy atom. The summed E-state index contributed by atoms with van der Waals surface area (Å²) in [4.78, 5) is 0. The van der Waals surface area contributed by atoms with Crippen molar-refractivity contribution in [3.8, 4) is 0 Å². The third kappa shape index (κ3) is 4.06. The number of benzene rings is 1. The average Bonchev–Trinajstić information content (AvgIpc) is 2.56. The van der Waals surface area contributed by atoms with Crippen LogP contribution in [0.25, 0.3) is 0 Å². The minimum Gasteiger partial charge on any atom is -0.310 e. The van der Waals surface area contributed by atoms with Crippen LogP contribution in [0.4, 0.5) is 4.39 Å². The van der Waals surface area contributed by atoms with Crippen molar-refractivity contribution >= 4 is 15.9 Å². The third-order valence-corrected chi connectivity index (χ3v) is 4.48. The van der Waals surface area contributed by atoms with Gasteiger partial charge < -0.3 is 5.32 Å². The zero-order valence-electron chi connectivity index (χ0n) is 10.9. The highest BCUT2D eigenvalue weighted by molar-refractivity contribution is 9.10. The molecule has 0 bridgehead atoms. The van der Waals surface area contributed by atoms with Crippen LogP contribution in [0.1, 0.15) is 44.6 Å². The Morgan fingerprint density at radius 2 is 2.11 bits per heavy atom. The van der Waals surface area contributed by atoms with Crippen LogP contribution in [0, 0.1) is 11.7 Å². The highest BCUT2D eigenvalue weighted by Gasteiger charge is 2.15. The first-order chi connectivity index (χ1) is 8.65. The van der Waals surface area contributed by atoms with E-state index < -0.39 is 0 Å². The number of halogens is 2. The van der Waals surface area contributed by atoms with E-state index in [1.807, 2.05) is 6.07 Å². The Labute approximate surface area is 117 Å². The molecular weight excluding hydrogens is 293 g/mol. The SMILES string of the molecule is CC1CCCC(NCc2ccc(Br)c(F)c2)CC1. The predicted molar refractivity (Wildman–Crippen MR) is 77.0 cm³/mol. The molecule has 1 nitrogen and oxygen atoms in total. The van der Waals surface area contributed by atoms with Gasteiger partial charge in [0.05, 0.1) is 4.47 Å². The Kier molecular flexibility index (Phi) is 5.19. The van der Waals surface area contributed by atoms with Gasteiger partial charge >= 0.3 is 0 Å². The molecule has 0 spiro atoms. The summed E-state index contributed by atoms with van der Waals surface area (Å²) in [6.45, 7) is 3.11. The number of hydrogen-bond acceptors (Lipinski definition) is 1. The second-order valence-corrected chi connectivity index (χ2v) is 6.29. The molecule has 0 saturated heterocycles. The molecule has 18 heavy (non-hydrogen) atoms. The van der Waals surface area contributed by atoms with E-state index in [0.29, 0.717) is 10.5 Å². The molecule has 0 radical (unpaired) electrons. The average molecular weight is 314 g/mol. The molecule has 1 aromatic rings. The molecule has 0 heterocycles. The molecule has 100 valence electrons. The lowest BCUT2D eigenvalue weighted by molar-refractivity contribution is 0.446. The maximum atomic E-state index is 13.4. The fraction of sp³-hybridized carbons (Fsp3) is 0.600. The molecule has 1 saturated carbocycles. The molecule has 1 aliphatic carbocycles. The summed E-state index contributed by atoms with van der Waals surface area (Å²) in [6, 6.07) is 5.96. The fourth-order valence-corrected chi connectivity index (χ4v) is 2.85. The highest BCUT2D eigenvalue weighted by Crippen LogP contribution is 2.23. The lowest BCUT2D eigenvalue weighted by Gasteiger charge is -2.16. The second kappa shape index (κ2) is 6.67. The molecule has 3 heteroatoms. The van der Waals surface area contributed by atoms with Crippen molar-refractivity contribution in [2.75, 3.05) is 0 Å². The van der Waals surface area contributed by atoms with E-state index in [0.717, 1.165) is 18.0 Å². The van der Waals surface area contributed by atoms with Gasteiger partial charge in [0.2, 0.25) is 0 Å². The molecular formula is C15H21BrFN. The van der Waals surface area contributed by atoms with Crippen molar-refractivity contribution in [3.63, 3.8) is 0 Å². The van der Waals surface area contributed by atoms with Gasteiger partial charge in [0, 0.05) is 12.6 Å². The summed E-state index contributed by atoms with van der Waals surface area (Å²) in [7, 11) is 0. The van der Waals surface area contributed by atoms with Crippen LogP contribution in [-0.2, 0) is 6.54 Å². The zero-order chi connectivity index (χ0) is 13.0. The summed E-state index contributed by atoms with van der Waals surface area (Å²) in [5.41, 5.74) is 1.02. The van der Waals surface area contributed by atoms with Crippen molar-refractivity contribution in [3.05, 3.63) is 34.1 Å². The number of rotatable bonds is 3. The monoisotopic (exact) mass is 313 g/mol. The van der Waals surface area contributed by atoms with Crippen LogP contribution in [0.3, 0.4) is 0 Å². The summed E-state index contributed by atoms with van der Waals surface area (Å²) in [6.07, 6.45) is 6.48. The van der Waals surface area contributed by atoms with Gasteiger partial charge in [-0.1, -0.05) is 25.8 Å². The summed E-state index contributed by atoms with van der Waals surface area (Å²) in [5.74, 6) is 0.686. The predicted octanol–water partition coefficient (Wildman–Crippen LogP) is 4.65. The summed E-state index contributed by atoms with van der Waals surface area (Å²) >= 11 is 3.18. The molecule has 1 aliphatic rings. The van der Waals surface area contributed by atoms with Crippen LogP contribution >= 0.6 is 15.9 Å². The lowest BCUT2D eigenvalue weighted by Crippen LogP contribution is -2.28. The molecule has 1 fully saturated rings. The Morgan fingerprint density at radius 1 is 1.28 bits per heavy atom. The number of nitrogens with one attached hydrogen (secondary N) is 1. The van der Waals surface area contributed by atoms with E-state index in [9.17, 15) is 4.39 Å². The standard InChI is InChI=1S/C15H21BrFN/c1-11-3-2-4-13(7-5-11)18-10-12-6-8-14(16)15(17)9-12/h6,8-9,11,13,18H,2-5,7,10H2,1H3. The molecule has 0 aromatic heterocycles. The molecule has 1 N–H and O–H groups in total. The maximum absolute atomic E-state index is 13.4. The van der Waals surface area contributed by atoms with Gasteiger partial charge in [-0.2, -0.15) is 0 Å². The first-order valence-corrected chi connectivity index (χ1v) is 7.62. The van der Waals surface area contributed by atoms with E-state index in [4.69, 9.17) is 0 Å². The van der Waals surface area contributed by atoms with Crippen molar-refractivity contribution in [1.29, 1.82) is 0 Å². The van der Waals surface area contributed by atoms with E-state index >= 15 is 0 Å². The van der Waals surface area contributed by atoms with Gasteiger partial charge in [-0.25, -0.2) is 4.39 Å². The van der Waals surface area contributed by atoms with Crippen molar-refractivity contribution < 1.29 is 4.39 Å². The smallest absolute Gasteiger partial charge is 0.137 e. The largest absolute Gasteiger partial charge is 0.310 e. The topological polar surface area (TPSA) is 12.0 Å². The Balaban J connectivity index is 1.85. The van der Waals surface area contributed by atoms with Gasteiger partial charge in [0.15, 0.2) is 0 Å². The molecule has 0 amide bonds. The van der Waals surface area contributed by atoms with Gasteiger partial charge in [0.25, 0.3) is 0 Å². The second-order valence-electron chi connectivity index (χ2n) is 5.44. The quantitative estimate of drug-likeness (QED) is 0.801.